The van der Waals surface area contributed by atoms with E-state index in [1.54, 1.807) is 30.8 Å². The minimum Gasteiger partial charge on any atom is -0.273 e. The molecule has 0 aliphatic carbocycles. The van der Waals surface area contributed by atoms with E-state index >= 15 is 0 Å². The lowest BCUT2D eigenvalue weighted by Gasteiger charge is -2.17. The fraction of sp³-hybridized carbons (Fsp3) is 0.143. The Morgan fingerprint density at radius 1 is 0.861 bits per heavy atom. The maximum atomic E-state index is 13.3. The lowest BCUT2D eigenvalue weighted by atomic mass is 10.1. The number of nitrogens with one attached hydrogen (secondary N) is 1. The highest BCUT2D eigenvalue weighted by Crippen LogP contribution is 2.29. The summed E-state index contributed by atoms with van der Waals surface area (Å²) in [5.74, 6) is 1.25. The number of hydrogen-bond donors (Lipinski definition) is 1. The number of hydrogen-bond acceptors (Lipinski definition) is 5. The van der Waals surface area contributed by atoms with E-state index in [0.717, 1.165) is 27.8 Å². The Morgan fingerprint density at radius 2 is 1.56 bits per heavy atom. The summed E-state index contributed by atoms with van der Waals surface area (Å²) in [4.78, 5) is 0.216. The molecular weight excluding hydrogens is 488 g/mol. The summed E-state index contributed by atoms with van der Waals surface area (Å²) in [6, 6.07) is 30.4. The maximum absolute atomic E-state index is 13.3. The quantitative estimate of drug-likeness (QED) is 0.255. The first-order valence-electron chi connectivity index (χ1n) is 11.6. The molecule has 6 nitrogen and oxygen atoms in total. The number of benzene rings is 4. The van der Waals surface area contributed by atoms with E-state index in [4.69, 9.17) is 0 Å². The van der Waals surface area contributed by atoms with Crippen LogP contribution in [0.15, 0.2) is 107 Å². The van der Waals surface area contributed by atoms with Gasteiger partial charge in [0, 0.05) is 11.4 Å². The average Bonchev–Trinajstić information content (AvgIpc) is 3.32. The molecule has 182 valence electrons. The Morgan fingerprint density at radius 3 is 2.31 bits per heavy atom. The first-order valence-corrected chi connectivity index (χ1v) is 14.1. The number of rotatable bonds is 8. The molecular formula is C28H26N4O2S2. The minimum atomic E-state index is -3.79. The Kier molecular flexibility index (Phi) is 6.91. The van der Waals surface area contributed by atoms with Gasteiger partial charge in [-0.15, -0.1) is 10.2 Å². The van der Waals surface area contributed by atoms with Gasteiger partial charge in [0.05, 0.1) is 10.9 Å². The van der Waals surface area contributed by atoms with Crippen molar-refractivity contribution >= 4 is 32.6 Å². The van der Waals surface area contributed by atoms with E-state index in [1.165, 1.54) is 5.56 Å². The van der Waals surface area contributed by atoms with Crippen LogP contribution in [0.25, 0.3) is 16.5 Å². The monoisotopic (exact) mass is 514 g/mol. The Bertz CT molecular complexity index is 1600. The van der Waals surface area contributed by atoms with E-state index in [2.05, 4.69) is 27.1 Å². The third kappa shape index (κ3) is 5.21. The summed E-state index contributed by atoms with van der Waals surface area (Å²) in [5, 5.41) is 11.4. The molecule has 1 atom stereocenters. The smallest absolute Gasteiger partial charge is 0.241 e. The number of aryl methyl sites for hydroxylation is 1. The highest BCUT2D eigenvalue weighted by Gasteiger charge is 2.25. The number of sulfonamides is 1. The fourth-order valence-electron chi connectivity index (χ4n) is 4.00. The van der Waals surface area contributed by atoms with Crippen LogP contribution in [0.4, 0.5) is 0 Å². The van der Waals surface area contributed by atoms with Crippen LogP contribution in [-0.2, 0) is 15.8 Å². The van der Waals surface area contributed by atoms with E-state index < -0.39 is 16.1 Å². The number of thioether (sulfide) groups is 1. The summed E-state index contributed by atoms with van der Waals surface area (Å²) in [6.45, 7) is 3.82. The Labute approximate surface area is 215 Å². The van der Waals surface area contributed by atoms with E-state index in [9.17, 15) is 8.42 Å². The number of nitrogens with zero attached hydrogens (tertiary/aromatic N) is 3. The predicted molar refractivity (Wildman–Crippen MR) is 145 cm³/mol. The Balaban J connectivity index is 1.46. The molecule has 0 radical (unpaired) electrons. The minimum absolute atomic E-state index is 0.216. The molecule has 0 saturated heterocycles. The molecule has 1 heterocycles. The standard InChI is InChI=1S/C28H26N4O2S2/c1-20-12-15-25(16-13-20)32-27(29-30-28(32)35-19-22-8-4-3-5-9-22)21(2)31-36(33,34)26-17-14-23-10-6-7-11-24(23)18-26/h3-18,21,31H,19H2,1-2H3. The SMILES string of the molecule is Cc1ccc(-n2c(SCc3ccccc3)nnc2C(C)NS(=O)(=O)c2ccc3ccccc3c2)cc1. The fourth-order valence-corrected chi connectivity index (χ4v) is 6.15. The second-order valence-corrected chi connectivity index (χ2v) is 11.3. The van der Waals surface area contributed by atoms with Crippen molar-refractivity contribution in [2.45, 2.75) is 35.7 Å². The highest BCUT2D eigenvalue weighted by molar-refractivity contribution is 7.98. The largest absolute Gasteiger partial charge is 0.273 e. The van der Waals surface area contributed by atoms with Crippen LogP contribution in [0.5, 0.6) is 0 Å². The van der Waals surface area contributed by atoms with Crippen LogP contribution >= 0.6 is 11.8 Å². The van der Waals surface area contributed by atoms with Gasteiger partial charge in [0.15, 0.2) is 11.0 Å². The number of fused-ring (bicyclic) bond motifs is 1. The first kappa shape index (κ1) is 24.2. The maximum Gasteiger partial charge on any atom is 0.241 e. The van der Waals surface area contributed by atoms with Gasteiger partial charge in [0.25, 0.3) is 0 Å². The van der Waals surface area contributed by atoms with E-state index in [0.29, 0.717) is 11.0 Å². The normalized spacial score (nSPS) is 12.6. The molecule has 36 heavy (non-hydrogen) atoms. The van der Waals surface area contributed by atoms with Crippen LogP contribution in [0.1, 0.15) is 29.9 Å². The van der Waals surface area contributed by atoms with Gasteiger partial charge in [-0.1, -0.05) is 90.1 Å². The highest BCUT2D eigenvalue weighted by atomic mass is 32.2. The van der Waals surface area contributed by atoms with Gasteiger partial charge in [-0.05, 0) is 54.4 Å². The van der Waals surface area contributed by atoms with Crippen molar-refractivity contribution < 1.29 is 8.42 Å². The Hall–Kier alpha value is -3.46. The molecule has 0 saturated carbocycles. The van der Waals surface area contributed by atoms with Crippen molar-refractivity contribution in [2.24, 2.45) is 0 Å². The predicted octanol–water partition coefficient (Wildman–Crippen LogP) is 6.06. The lowest BCUT2D eigenvalue weighted by molar-refractivity contribution is 0.556. The molecule has 5 rings (SSSR count). The second-order valence-electron chi connectivity index (χ2n) is 8.64. The summed E-state index contributed by atoms with van der Waals surface area (Å²) >= 11 is 1.57. The topological polar surface area (TPSA) is 76.9 Å². The van der Waals surface area contributed by atoms with Crippen molar-refractivity contribution in [3.8, 4) is 5.69 Å². The molecule has 0 spiro atoms. The zero-order chi connectivity index (χ0) is 25.1. The molecule has 0 aliphatic heterocycles. The molecule has 5 aromatic rings. The van der Waals surface area contributed by atoms with Gasteiger partial charge in [-0.25, -0.2) is 13.1 Å². The van der Waals surface area contributed by atoms with Crippen LogP contribution in [-0.4, -0.2) is 23.2 Å². The molecule has 0 fully saturated rings. The van der Waals surface area contributed by atoms with Crippen LogP contribution < -0.4 is 4.72 Å². The summed E-state index contributed by atoms with van der Waals surface area (Å²) < 4.78 is 31.3. The van der Waals surface area contributed by atoms with Crippen molar-refractivity contribution in [2.75, 3.05) is 0 Å². The summed E-state index contributed by atoms with van der Waals surface area (Å²) in [5.41, 5.74) is 3.19. The van der Waals surface area contributed by atoms with Gasteiger partial charge in [0.1, 0.15) is 0 Å². The molecule has 1 unspecified atom stereocenters. The van der Waals surface area contributed by atoms with Crippen molar-refractivity contribution in [3.63, 3.8) is 0 Å². The van der Waals surface area contributed by atoms with Gasteiger partial charge in [-0.2, -0.15) is 0 Å². The average molecular weight is 515 g/mol. The third-order valence-electron chi connectivity index (χ3n) is 5.91. The van der Waals surface area contributed by atoms with Gasteiger partial charge in [-0.3, -0.25) is 4.57 Å². The molecule has 0 bridgehead atoms. The second kappa shape index (κ2) is 10.3. The van der Waals surface area contributed by atoms with Crippen LogP contribution in [0.3, 0.4) is 0 Å². The molecule has 4 aromatic carbocycles. The molecule has 8 heteroatoms. The summed E-state index contributed by atoms with van der Waals surface area (Å²) in [7, 11) is -3.79. The molecule has 0 aliphatic rings. The molecule has 1 N–H and O–H groups in total. The lowest BCUT2D eigenvalue weighted by Crippen LogP contribution is -2.28. The number of aromatic nitrogens is 3. The zero-order valence-electron chi connectivity index (χ0n) is 20.0. The molecule has 0 amide bonds. The molecule has 1 aromatic heterocycles. The van der Waals surface area contributed by atoms with Gasteiger partial charge < -0.3 is 0 Å². The van der Waals surface area contributed by atoms with E-state index in [-0.39, 0.29) is 4.90 Å². The van der Waals surface area contributed by atoms with Crippen LogP contribution in [0, 0.1) is 6.92 Å². The van der Waals surface area contributed by atoms with Gasteiger partial charge in [0.2, 0.25) is 10.0 Å². The van der Waals surface area contributed by atoms with E-state index in [1.807, 2.05) is 84.3 Å². The van der Waals surface area contributed by atoms with Crippen molar-refractivity contribution in [3.05, 3.63) is 114 Å². The van der Waals surface area contributed by atoms with Crippen molar-refractivity contribution in [1.29, 1.82) is 0 Å². The van der Waals surface area contributed by atoms with Crippen molar-refractivity contribution in [1.82, 2.24) is 19.5 Å². The van der Waals surface area contributed by atoms with Crippen LogP contribution in [0.2, 0.25) is 0 Å². The summed E-state index contributed by atoms with van der Waals surface area (Å²) in [6.07, 6.45) is 0. The zero-order valence-corrected chi connectivity index (χ0v) is 21.6. The van der Waals surface area contributed by atoms with Gasteiger partial charge >= 0.3 is 0 Å². The third-order valence-corrected chi connectivity index (χ3v) is 8.45. The first-order chi connectivity index (χ1) is 17.4.